The van der Waals surface area contributed by atoms with Crippen LogP contribution in [-0.4, -0.2) is 42.1 Å². The van der Waals surface area contributed by atoms with Gasteiger partial charge >= 0.3 is 0 Å². The molecule has 0 aliphatic carbocycles. The number of hydrogen-bond acceptors (Lipinski definition) is 2. The van der Waals surface area contributed by atoms with Crippen LogP contribution in [-0.2, 0) is 0 Å². The van der Waals surface area contributed by atoms with Crippen molar-refractivity contribution in [2.24, 2.45) is 0 Å². The molecule has 0 fully saturated rings. The molecular formula is C8H19Cl2NO. The van der Waals surface area contributed by atoms with Crippen molar-refractivity contribution in [3.05, 3.63) is 0 Å². The van der Waals surface area contributed by atoms with Crippen LogP contribution in [0, 0.1) is 0 Å². The normalized spacial score (nSPS) is 10.0. The topological polar surface area (TPSA) is 23.5 Å². The summed E-state index contributed by atoms with van der Waals surface area (Å²) < 4.78 is 0. The lowest BCUT2D eigenvalue weighted by atomic mass is 10.3. The Morgan fingerprint density at radius 3 is 2.33 bits per heavy atom. The van der Waals surface area contributed by atoms with Crippen molar-refractivity contribution in [3.63, 3.8) is 0 Å². The van der Waals surface area contributed by atoms with Crippen molar-refractivity contribution < 1.29 is 5.11 Å². The zero-order valence-electron chi connectivity index (χ0n) is 7.63. The standard InChI is InChI=1S/C8H18ClNO.ClH/c1-2-3-5-10(6-4-9)7-8-11;/h11H,2-8H2,1H3;1H. The SMILES string of the molecule is CCCCN(CCO)CCCl.Cl. The summed E-state index contributed by atoms with van der Waals surface area (Å²) in [6.45, 7) is 5.11. The molecule has 0 atom stereocenters. The Labute approximate surface area is 86.3 Å². The van der Waals surface area contributed by atoms with E-state index in [4.69, 9.17) is 16.7 Å². The van der Waals surface area contributed by atoms with Gasteiger partial charge in [0, 0.05) is 19.0 Å². The number of aliphatic hydroxyl groups is 1. The largest absolute Gasteiger partial charge is 0.395 e. The molecule has 0 unspecified atom stereocenters. The third-order valence-electron chi connectivity index (χ3n) is 1.64. The summed E-state index contributed by atoms with van der Waals surface area (Å²) in [4.78, 5) is 2.19. The second-order valence-electron chi connectivity index (χ2n) is 2.61. The molecule has 1 N–H and O–H groups in total. The number of rotatable bonds is 7. The van der Waals surface area contributed by atoms with Gasteiger partial charge in [0.2, 0.25) is 0 Å². The molecular weight excluding hydrogens is 197 g/mol. The molecule has 0 aliphatic heterocycles. The van der Waals surface area contributed by atoms with E-state index in [0.717, 1.165) is 19.6 Å². The number of unbranched alkanes of at least 4 members (excludes halogenated alkanes) is 1. The highest BCUT2D eigenvalue weighted by Gasteiger charge is 2.00. The van der Waals surface area contributed by atoms with Gasteiger partial charge in [0.15, 0.2) is 0 Å². The second kappa shape index (κ2) is 11.5. The van der Waals surface area contributed by atoms with Gasteiger partial charge in [0.05, 0.1) is 6.61 Å². The van der Waals surface area contributed by atoms with Gasteiger partial charge in [-0.1, -0.05) is 13.3 Å². The lowest BCUT2D eigenvalue weighted by molar-refractivity contribution is 0.201. The fourth-order valence-electron chi connectivity index (χ4n) is 0.978. The van der Waals surface area contributed by atoms with Gasteiger partial charge in [-0.05, 0) is 13.0 Å². The minimum atomic E-state index is 0. The molecule has 0 radical (unpaired) electrons. The Morgan fingerprint density at radius 1 is 1.25 bits per heavy atom. The average molecular weight is 216 g/mol. The van der Waals surface area contributed by atoms with E-state index in [1.54, 1.807) is 0 Å². The van der Waals surface area contributed by atoms with E-state index in [2.05, 4.69) is 11.8 Å². The highest BCUT2D eigenvalue weighted by atomic mass is 35.5. The third kappa shape index (κ3) is 8.60. The smallest absolute Gasteiger partial charge is 0.0558 e. The lowest BCUT2D eigenvalue weighted by Crippen LogP contribution is -2.29. The predicted molar refractivity (Wildman–Crippen MR) is 56.4 cm³/mol. The summed E-state index contributed by atoms with van der Waals surface area (Å²) in [5, 5.41) is 8.68. The van der Waals surface area contributed by atoms with Gasteiger partial charge < -0.3 is 5.11 Å². The Hall–Kier alpha value is 0.500. The molecule has 76 valence electrons. The van der Waals surface area contributed by atoms with E-state index >= 15 is 0 Å². The molecule has 0 amide bonds. The van der Waals surface area contributed by atoms with Crippen LogP contribution in [0.4, 0.5) is 0 Å². The van der Waals surface area contributed by atoms with Crippen LogP contribution in [0.1, 0.15) is 19.8 Å². The predicted octanol–water partition coefficient (Wildman–Crippen LogP) is 1.74. The van der Waals surface area contributed by atoms with Gasteiger partial charge in [-0.2, -0.15) is 0 Å². The van der Waals surface area contributed by atoms with Gasteiger partial charge in [0.1, 0.15) is 0 Å². The summed E-state index contributed by atoms with van der Waals surface area (Å²) in [5.74, 6) is 0.656. The summed E-state index contributed by atoms with van der Waals surface area (Å²) >= 11 is 5.59. The Bertz CT molecular complexity index is 77.5. The van der Waals surface area contributed by atoms with Crippen LogP contribution < -0.4 is 0 Å². The molecule has 0 bridgehead atoms. The van der Waals surface area contributed by atoms with Gasteiger partial charge in [-0.25, -0.2) is 0 Å². The third-order valence-corrected chi connectivity index (χ3v) is 1.81. The van der Waals surface area contributed by atoms with Crippen LogP contribution in [0.2, 0.25) is 0 Å². The van der Waals surface area contributed by atoms with Crippen LogP contribution in [0.5, 0.6) is 0 Å². The molecule has 0 aromatic heterocycles. The maximum absolute atomic E-state index is 8.68. The molecule has 0 saturated heterocycles. The first-order valence-electron chi connectivity index (χ1n) is 4.24. The minimum Gasteiger partial charge on any atom is -0.395 e. The molecule has 0 spiro atoms. The minimum absolute atomic E-state index is 0. The maximum atomic E-state index is 8.68. The second-order valence-corrected chi connectivity index (χ2v) is 2.99. The number of alkyl halides is 1. The first-order valence-corrected chi connectivity index (χ1v) is 4.77. The lowest BCUT2D eigenvalue weighted by Gasteiger charge is -2.19. The zero-order valence-corrected chi connectivity index (χ0v) is 9.20. The zero-order chi connectivity index (χ0) is 8.53. The van der Waals surface area contributed by atoms with Crippen molar-refractivity contribution in [3.8, 4) is 0 Å². The van der Waals surface area contributed by atoms with Crippen molar-refractivity contribution in [2.45, 2.75) is 19.8 Å². The summed E-state index contributed by atoms with van der Waals surface area (Å²) in [6.07, 6.45) is 2.39. The highest BCUT2D eigenvalue weighted by Crippen LogP contribution is 1.94. The van der Waals surface area contributed by atoms with Gasteiger partial charge in [0.25, 0.3) is 0 Å². The van der Waals surface area contributed by atoms with Gasteiger partial charge in [-0.3, -0.25) is 4.90 Å². The Morgan fingerprint density at radius 2 is 1.92 bits per heavy atom. The Balaban J connectivity index is 0. The van der Waals surface area contributed by atoms with Crippen LogP contribution in [0.3, 0.4) is 0 Å². The fraction of sp³-hybridized carbons (Fsp3) is 1.00. The van der Waals surface area contributed by atoms with E-state index in [-0.39, 0.29) is 19.0 Å². The van der Waals surface area contributed by atoms with Crippen LogP contribution in [0.15, 0.2) is 0 Å². The molecule has 0 aromatic carbocycles. The van der Waals surface area contributed by atoms with E-state index in [0.29, 0.717) is 5.88 Å². The molecule has 0 aliphatic rings. The van der Waals surface area contributed by atoms with E-state index in [9.17, 15) is 0 Å². The monoisotopic (exact) mass is 215 g/mol. The van der Waals surface area contributed by atoms with Crippen LogP contribution >= 0.6 is 24.0 Å². The summed E-state index contributed by atoms with van der Waals surface area (Å²) in [7, 11) is 0. The number of aliphatic hydroxyl groups excluding tert-OH is 1. The molecule has 2 nitrogen and oxygen atoms in total. The molecule has 12 heavy (non-hydrogen) atoms. The van der Waals surface area contributed by atoms with Crippen molar-refractivity contribution in [1.82, 2.24) is 4.90 Å². The quantitative estimate of drug-likeness (QED) is 0.655. The van der Waals surface area contributed by atoms with E-state index in [1.165, 1.54) is 12.8 Å². The van der Waals surface area contributed by atoms with Crippen LogP contribution in [0.25, 0.3) is 0 Å². The highest BCUT2D eigenvalue weighted by molar-refractivity contribution is 6.18. The van der Waals surface area contributed by atoms with Crippen molar-refractivity contribution in [1.29, 1.82) is 0 Å². The first-order chi connectivity index (χ1) is 5.35. The molecule has 4 heteroatoms. The molecule has 0 heterocycles. The molecule has 0 saturated carbocycles. The summed E-state index contributed by atoms with van der Waals surface area (Å²) in [5.41, 5.74) is 0. The summed E-state index contributed by atoms with van der Waals surface area (Å²) in [6, 6.07) is 0. The average Bonchev–Trinajstić information content (AvgIpc) is 2.01. The maximum Gasteiger partial charge on any atom is 0.0558 e. The molecule has 0 rings (SSSR count). The molecule has 0 aromatic rings. The van der Waals surface area contributed by atoms with Crippen molar-refractivity contribution in [2.75, 3.05) is 32.1 Å². The number of halogens is 2. The number of nitrogens with zero attached hydrogens (tertiary/aromatic N) is 1. The van der Waals surface area contributed by atoms with Crippen molar-refractivity contribution >= 4 is 24.0 Å². The fourth-order valence-corrected chi connectivity index (χ4v) is 1.22. The van der Waals surface area contributed by atoms with Gasteiger partial charge in [-0.15, -0.1) is 24.0 Å². The number of hydrogen-bond donors (Lipinski definition) is 1. The van der Waals surface area contributed by atoms with E-state index in [1.807, 2.05) is 0 Å². The first kappa shape index (κ1) is 15.0. The van der Waals surface area contributed by atoms with E-state index < -0.39 is 0 Å². The Kier molecular flexibility index (Phi) is 14.4.